The van der Waals surface area contributed by atoms with E-state index < -0.39 is 0 Å². The van der Waals surface area contributed by atoms with Crippen molar-refractivity contribution in [2.75, 3.05) is 38.8 Å². The minimum atomic E-state index is -0.131. The van der Waals surface area contributed by atoms with Crippen molar-refractivity contribution in [2.45, 2.75) is 31.9 Å². The van der Waals surface area contributed by atoms with E-state index in [1.54, 1.807) is 32.4 Å². The zero-order chi connectivity index (χ0) is 20.2. The SMILES string of the molecule is COc1ccc(C(=O)NC2CCN(c3ncc4c(n3)CCOC4)CC2)c(OC)c1. The number of fused-ring (bicyclic) bond motifs is 1. The van der Waals surface area contributed by atoms with Gasteiger partial charge in [0.25, 0.3) is 5.91 Å². The molecule has 0 unspecified atom stereocenters. The van der Waals surface area contributed by atoms with Gasteiger partial charge in [0.2, 0.25) is 5.95 Å². The lowest BCUT2D eigenvalue weighted by Crippen LogP contribution is -2.45. The van der Waals surface area contributed by atoms with Gasteiger partial charge in [0.15, 0.2) is 0 Å². The Morgan fingerprint density at radius 2 is 2.07 bits per heavy atom. The number of ether oxygens (including phenoxy) is 3. The Morgan fingerprint density at radius 3 is 2.83 bits per heavy atom. The Balaban J connectivity index is 1.36. The molecule has 2 aliphatic heterocycles. The zero-order valence-electron chi connectivity index (χ0n) is 16.8. The highest BCUT2D eigenvalue weighted by Gasteiger charge is 2.25. The van der Waals surface area contributed by atoms with Crippen LogP contribution in [-0.2, 0) is 17.8 Å². The van der Waals surface area contributed by atoms with Crippen LogP contribution in [0.1, 0.15) is 34.5 Å². The van der Waals surface area contributed by atoms with Crippen LogP contribution < -0.4 is 19.7 Å². The lowest BCUT2D eigenvalue weighted by molar-refractivity contribution is 0.0928. The van der Waals surface area contributed by atoms with Crippen molar-refractivity contribution in [1.82, 2.24) is 15.3 Å². The van der Waals surface area contributed by atoms with E-state index in [0.717, 1.165) is 49.6 Å². The number of methoxy groups -OCH3 is 2. The molecule has 1 saturated heterocycles. The number of nitrogens with zero attached hydrogens (tertiary/aromatic N) is 3. The minimum absolute atomic E-state index is 0.108. The molecule has 154 valence electrons. The van der Waals surface area contributed by atoms with Crippen LogP contribution in [0.15, 0.2) is 24.4 Å². The molecule has 0 bridgehead atoms. The van der Waals surface area contributed by atoms with E-state index in [0.29, 0.717) is 30.3 Å². The summed E-state index contributed by atoms with van der Waals surface area (Å²) in [7, 11) is 3.14. The summed E-state index contributed by atoms with van der Waals surface area (Å²) < 4.78 is 16.0. The van der Waals surface area contributed by atoms with Crippen molar-refractivity contribution in [3.8, 4) is 11.5 Å². The van der Waals surface area contributed by atoms with E-state index in [1.807, 2.05) is 6.20 Å². The van der Waals surface area contributed by atoms with Crippen LogP contribution in [0.5, 0.6) is 11.5 Å². The Bertz CT molecular complexity index is 881. The maximum atomic E-state index is 12.7. The second-order valence-electron chi connectivity index (χ2n) is 7.25. The molecule has 1 aromatic carbocycles. The first-order chi connectivity index (χ1) is 14.2. The van der Waals surface area contributed by atoms with Crippen molar-refractivity contribution in [3.63, 3.8) is 0 Å². The summed E-state index contributed by atoms with van der Waals surface area (Å²) in [6, 6.07) is 5.32. The molecule has 0 atom stereocenters. The molecule has 1 N–H and O–H groups in total. The van der Waals surface area contributed by atoms with Crippen LogP contribution in [0.25, 0.3) is 0 Å². The summed E-state index contributed by atoms with van der Waals surface area (Å²) in [5.41, 5.74) is 2.68. The first-order valence-electron chi connectivity index (χ1n) is 9.88. The third kappa shape index (κ3) is 4.27. The van der Waals surface area contributed by atoms with Gasteiger partial charge >= 0.3 is 0 Å². The molecule has 3 heterocycles. The molecule has 1 amide bonds. The van der Waals surface area contributed by atoms with Crippen molar-refractivity contribution in [2.24, 2.45) is 0 Å². The molecule has 0 aliphatic carbocycles. The zero-order valence-corrected chi connectivity index (χ0v) is 16.8. The quantitative estimate of drug-likeness (QED) is 0.824. The van der Waals surface area contributed by atoms with Gasteiger partial charge in [-0.2, -0.15) is 0 Å². The maximum Gasteiger partial charge on any atom is 0.255 e. The second kappa shape index (κ2) is 8.65. The van der Waals surface area contributed by atoms with Crippen LogP contribution in [0, 0.1) is 0 Å². The number of hydrogen-bond donors (Lipinski definition) is 1. The number of hydrogen-bond acceptors (Lipinski definition) is 7. The van der Waals surface area contributed by atoms with E-state index in [9.17, 15) is 4.79 Å². The first kappa shape index (κ1) is 19.4. The minimum Gasteiger partial charge on any atom is -0.497 e. The van der Waals surface area contributed by atoms with Crippen molar-refractivity contribution in [1.29, 1.82) is 0 Å². The van der Waals surface area contributed by atoms with E-state index in [-0.39, 0.29) is 11.9 Å². The summed E-state index contributed by atoms with van der Waals surface area (Å²) >= 11 is 0. The molecule has 2 aliphatic rings. The number of nitrogens with one attached hydrogen (secondary N) is 1. The molecular weight excluding hydrogens is 372 g/mol. The molecule has 0 spiro atoms. The lowest BCUT2D eigenvalue weighted by Gasteiger charge is -2.33. The number of benzene rings is 1. The Labute approximate surface area is 170 Å². The largest absolute Gasteiger partial charge is 0.497 e. The standard InChI is InChI=1S/C21H26N4O4/c1-27-16-3-4-17(19(11-16)28-2)20(26)23-15-5-8-25(9-6-15)21-22-12-14-13-29-10-7-18(14)24-21/h3-4,11-12,15H,5-10,13H2,1-2H3,(H,23,26). The normalized spacial score (nSPS) is 16.8. The fraction of sp³-hybridized carbons (Fsp3) is 0.476. The topological polar surface area (TPSA) is 85.8 Å². The number of rotatable bonds is 5. The van der Waals surface area contributed by atoms with Gasteiger partial charge in [0.1, 0.15) is 11.5 Å². The van der Waals surface area contributed by atoms with E-state index in [1.165, 1.54) is 0 Å². The second-order valence-corrected chi connectivity index (χ2v) is 7.25. The molecular formula is C21H26N4O4. The summed E-state index contributed by atoms with van der Waals surface area (Å²) in [6.45, 7) is 2.92. The molecule has 2 aromatic rings. The molecule has 0 radical (unpaired) electrons. The van der Waals surface area contributed by atoms with E-state index >= 15 is 0 Å². The van der Waals surface area contributed by atoms with Crippen LogP contribution in [0.2, 0.25) is 0 Å². The van der Waals surface area contributed by atoms with Gasteiger partial charge in [-0.1, -0.05) is 0 Å². The molecule has 1 fully saturated rings. The van der Waals surface area contributed by atoms with Crippen molar-refractivity contribution in [3.05, 3.63) is 41.2 Å². The smallest absolute Gasteiger partial charge is 0.255 e. The first-order valence-corrected chi connectivity index (χ1v) is 9.88. The van der Waals surface area contributed by atoms with Gasteiger partial charge in [0, 0.05) is 43.4 Å². The van der Waals surface area contributed by atoms with Gasteiger partial charge in [0.05, 0.1) is 38.7 Å². The highest BCUT2D eigenvalue weighted by atomic mass is 16.5. The van der Waals surface area contributed by atoms with Crippen LogP contribution >= 0.6 is 0 Å². The van der Waals surface area contributed by atoms with Gasteiger partial charge < -0.3 is 24.4 Å². The average Bonchev–Trinajstić information content (AvgIpc) is 2.78. The Morgan fingerprint density at radius 1 is 1.24 bits per heavy atom. The number of piperidine rings is 1. The highest BCUT2D eigenvalue weighted by molar-refractivity contribution is 5.97. The summed E-state index contributed by atoms with van der Waals surface area (Å²) in [6.07, 6.45) is 4.39. The maximum absolute atomic E-state index is 12.7. The van der Waals surface area contributed by atoms with E-state index in [2.05, 4.69) is 15.2 Å². The summed E-state index contributed by atoms with van der Waals surface area (Å²) in [5.74, 6) is 1.80. The van der Waals surface area contributed by atoms with Gasteiger partial charge in [-0.25, -0.2) is 9.97 Å². The van der Waals surface area contributed by atoms with Gasteiger partial charge in [-0.3, -0.25) is 4.79 Å². The number of carbonyl (C=O) groups excluding carboxylic acids is 1. The Kier molecular flexibility index (Phi) is 5.80. The predicted molar refractivity (Wildman–Crippen MR) is 108 cm³/mol. The monoisotopic (exact) mass is 398 g/mol. The summed E-state index contributed by atoms with van der Waals surface area (Å²) in [4.78, 5) is 24.1. The molecule has 0 saturated carbocycles. The highest BCUT2D eigenvalue weighted by Crippen LogP contribution is 2.25. The van der Waals surface area contributed by atoms with Crippen LogP contribution in [0.3, 0.4) is 0 Å². The molecule has 8 heteroatoms. The van der Waals surface area contributed by atoms with Gasteiger partial charge in [-0.15, -0.1) is 0 Å². The van der Waals surface area contributed by atoms with Crippen LogP contribution in [0.4, 0.5) is 5.95 Å². The van der Waals surface area contributed by atoms with E-state index in [4.69, 9.17) is 19.2 Å². The average molecular weight is 398 g/mol. The molecule has 8 nitrogen and oxygen atoms in total. The third-order valence-corrected chi connectivity index (χ3v) is 5.45. The molecule has 29 heavy (non-hydrogen) atoms. The van der Waals surface area contributed by atoms with Gasteiger partial charge in [-0.05, 0) is 25.0 Å². The Hall–Kier alpha value is -2.87. The van der Waals surface area contributed by atoms with Crippen molar-refractivity contribution >= 4 is 11.9 Å². The lowest BCUT2D eigenvalue weighted by atomic mass is 10.0. The molecule has 4 rings (SSSR count). The third-order valence-electron chi connectivity index (χ3n) is 5.45. The van der Waals surface area contributed by atoms with Crippen molar-refractivity contribution < 1.29 is 19.0 Å². The number of aromatic nitrogens is 2. The number of anilines is 1. The number of amides is 1. The number of carbonyl (C=O) groups is 1. The summed E-state index contributed by atoms with van der Waals surface area (Å²) in [5, 5.41) is 3.13. The predicted octanol–water partition coefficient (Wildman–Crippen LogP) is 1.97. The van der Waals surface area contributed by atoms with Crippen LogP contribution in [-0.4, -0.2) is 55.8 Å². The fourth-order valence-corrected chi connectivity index (χ4v) is 3.74. The fourth-order valence-electron chi connectivity index (χ4n) is 3.74. The molecule has 1 aromatic heterocycles.